The molecule has 0 spiro atoms. The number of aryl methyl sites for hydroxylation is 1. The van der Waals surface area contributed by atoms with Gasteiger partial charge in [0, 0.05) is 41.3 Å². The second-order valence-electron chi connectivity index (χ2n) is 6.72. The van der Waals surface area contributed by atoms with Gasteiger partial charge >= 0.3 is 0 Å². The number of ether oxygens (including phenoxy) is 3. The predicted molar refractivity (Wildman–Crippen MR) is 118 cm³/mol. The second kappa shape index (κ2) is 8.32. The molecular weight excluding hydrogens is 380 g/mol. The molecule has 0 atom stereocenters. The lowest BCUT2D eigenvalue weighted by molar-refractivity contribution is 0.324. The van der Waals surface area contributed by atoms with E-state index in [1.54, 1.807) is 27.5 Å². The largest absolute Gasteiger partial charge is 0.493 e. The third-order valence-electron chi connectivity index (χ3n) is 4.97. The van der Waals surface area contributed by atoms with Crippen LogP contribution in [0.25, 0.3) is 16.7 Å². The number of methoxy groups -OCH3 is 3. The fourth-order valence-corrected chi connectivity index (χ4v) is 3.36. The Balaban J connectivity index is 1.70. The minimum atomic E-state index is 0.474. The Morgan fingerprint density at radius 1 is 0.933 bits per heavy atom. The summed E-state index contributed by atoms with van der Waals surface area (Å²) in [6.07, 6.45) is 4.82. The first kappa shape index (κ1) is 19.6. The molecule has 7 nitrogen and oxygen atoms in total. The van der Waals surface area contributed by atoms with E-state index in [0.717, 1.165) is 28.8 Å². The lowest BCUT2D eigenvalue weighted by Gasteiger charge is -2.14. The van der Waals surface area contributed by atoms with Crippen LogP contribution in [0.5, 0.6) is 17.2 Å². The normalized spacial score (nSPS) is 10.8. The van der Waals surface area contributed by atoms with Crippen LogP contribution in [0.3, 0.4) is 0 Å². The molecule has 0 saturated carbocycles. The second-order valence-corrected chi connectivity index (χ2v) is 6.72. The maximum absolute atomic E-state index is 5.42. The minimum Gasteiger partial charge on any atom is -0.493 e. The molecule has 0 bridgehead atoms. The van der Waals surface area contributed by atoms with E-state index < -0.39 is 0 Å². The van der Waals surface area contributed by atoms with E-state index in [1.165, 1.54) is 5.56 Å². The van der Waals surface area contributed by atoms with Crippen molar-refractivity contribution in [2.45, 2.75) is 13.3 Å². The highest BCUT2D eigenvalue weighted by Crippen LogP contribution is 2.40. The van der Waals surface area contributed by atoms with Gasteiger partial charge in [0.2, 0.25) is 11.7 Å². The highest BCUT2D eigenvalue weighted by atomic mass is 16.5. The zero-order chi connectivity index (χ0) is 21.1. The summed E-state index contributed by atoms with van der Waals surface area (Å²) >= 11 is 0. The van der Waals surface area contributed by atoms with Gasteiger partial charge in [-0.2, -0.15) is 4.98 Å². The highest BCUT2D eigenvalue weighted by molar-refractivity contribution is 5.79. The lowest BCUT2D eigenvalue weighted by atomic mass is 10.1. The quantitative estimate of drug-likeness (QED) is 0.479. The smallest absolute Gasteiger partial charge is 0.229 e. The summed E-state index contributed by atoms with van der Waals surface area (Å²) in [4.78, 5) is 9.17. The summed E-state index contributed by atoms with van der Waals surface area (Å²) in [5.41, 5.74) is 3.91. The Hall–Kier alpha value is -3.74. The van der Waals surface area contributed by atoms with Crippen molar-refractivity contribution >= 4 is 22.7 Å². The number of fused-ring (bicyclic) bond motifs is 1. The molecule has 1 N–H and O–H groups in total. The standard InChI is InChI=1S/C23H24N4O3/c1-5-15-6-8-18(9-7-15)27-11-10-16-14-24-23(26-22(16)27)25-17-12-19(28-2)21(30-4)20(13-17)29-3/h6-14H,5H2,1-4H3,(H,24,25,26). The van der Waals surface area contributed by atoms with Crippen LogP contribution < -0.4 is 19.5 Å². The van der Waals surface area contributed by atoms with Crippen LogP contribution in [-0.2, 0) is 6.42 Å². The molecule has 7 heteroatoms. The first-order valence-corrected chi connectivity index (χ1v) is 9.67. The third kappa shape index (κ3) is 3.61. The molecule has 4 aromatic rings. The van der Waals surface area contributed by atoms with Gasteiger partial charge < -0.3 is 24.1 Å². The first-order valence-electron chi connectivity index (χ1n) is 9.67. The van der Waals surface area contributed by atoms with Crippen LogP contribution in [-0.4, -0.2) is 35.9 Å². The highest BCUT2D eigenvalue weighted by Gasteiger charge is 2.14. The van der Waals surface area contributed by atoms with Gasteiger partial charge in [-0.05, 0) is 30.2 Å². The maximum Gasteiger partial charge on any atom is 0.229 e. The summed E-state index contributed by atoms with van der Waals surface area (Å²) in [7, 11) is 4.74. The number of benzene rings is 2. The first-order chi connectivity index (χ1) is 14.7. The predicted octanol–water partition coefficient (Wildman–Crippen LogP) is 4.75. The molecule has 0 radical (unpaired) electrons. The Bertz CT molecular complexity index is 1140. The van der Waals surface area contributed by atoms with Crippen molar-refractivity contribution in [2.75, 3.05) is 26.6 Å². The Morgan fingerprint density at radius 3 is 2.23 bits per heavy atom. The number of hydrogen-bond acceptors (Lipinski definition) is 6. The van der Waals surface area contributed by atoms with Gasteiger partial charge in [-0.1, -0.05) is 19.1 Å². The van der Waals surface area contributed by atoms with Gasteiger partial charge in [-0.25, -0.2) is 4.98 Å². The van der Waals surface area contributed by atoms with Gasteiger partial charge in [-0.15, -0.1) is 0 Å². The van der Waals surface area contributed by atoms with E-state index in [-0.39, 0.29) is 0 Å². The van der Waals surface area contributed by atoms with Crippen molar-refractivity contribution in [1.82, 2.24) is 14.5 Å². The summed E-state index contributed by atoms with van der Waals surface area (Å²) in [6.45, 7) is 2.15. The number of rotatable bonds is 7. The van der Waals surface area contributed by atoms with Gasteiger partial charge in [0.25, 0.3) is 0 Å². The molecule has 2 aromatic carbocycles. The minimum absolute atomic E-state index is 0.474. The van der Waals surface area contributed by atoms with Crippen LogP contribution in [0.15, 0.2) is 54.9 Å². The molecule has 0 unspecified atom stereocenters. The molecule has 30 heavy (non-hydrogen) atoms. The van der Waals surface area contributed by atoms with E-state index >= 15 is 0 Å². The van der Waals surface area contributed by atoms with Gasteiger partial charge in [0.05, 0.1) is 21.3 Å². The van der Waals surface area contributed by atoms with Crippen molar-refractivity contribution in [3.05, 3.63) is 60.4 Å². The molecule has 0 aliphatic heterocycles. The molecule has 2 aromatic heterocycles. The van der Waals surface area contributed by atoms with Crippen LogP contribution in [0.1, 0.15) is 12.5 Å². The van der Waals surface area contributed by atoms with E-state index in [9.17, 15) is 0 Å². The number of nitrogens with one attached hydrogen (secondary N) is 1. The summed E-state index contributed by atoms with van der Waals surface area (Å²) in [5.74, 6) is 2.12. The fraction of sp³-hybridized carbons (Fsp3) is 0.217. The average Bonchev–Trinajstić information content (AvgIpc) is 3.21. The number of anilines is 2. The molecule has 0 fully saturated rings. The third-order valence-corrected chi connectivity index (χ3v) is 4.97. The summed E-state index contributed by atoms with van der Waals surface area (Å²) < 4.78 is 18.3. The number of nitrogens with zero attached hydrogens (tertiary/aromatic N) is 3. The molecule has 4 rings (SSSR count). The fourth-order valence-electron chi connectivity index (χ4n) is 3.36. The summed E-state index contributed by atoms with van der Waals surface area (Å²) in [6, 6.07) is 14.1. The molecule has 0 aliphatic rings. The molecule has 0 saturated heterocycles. The van der Waals surface area contributed by atoms with Crippen molar-refractivity contribution in [3.63, 3.8) is 0 Å². The number of aromatic nitrogens is 3. The SMILES string of the molecule is CCc1ccc(-n2ccc3cnc(Nc4cc(OC)c(OC)c(OC)c4)nc32)cc1. The molecular formula is C23H24N4O3. The Labute approximate surface area is 175 Å². The zero-order valence-corrected chi connectivity index (χ0v) is 17.5. The molecule has 2 heterocycles. The lowest BCUT2D eigenvalue weighted by Crippen LogP contribution is -2.01. The van der Waals surface area contributed by atoms with Crippen LogP contribution in [0.4, 0.5) is 11.6 Å². The van der Waals surface area contributed by atoms with Crippen LogP contribution in [0.2, 0.25) is 0 Å². The number of hydrogen-bond donors (Lipinski definition) is 1. The monoisotopic (exact) mass is 404 g/mol. The molecule has 154 valence electrons. The Kier molecular flexibility index (Phi) is 5.43. The topological polar surface area (TPSA) is 70.4 Å². The van der Waals surface area contributed by atoms with Crippen molar-refractivity contribution in [3.8, 4) is 22.9 Å². The van der Waals surface area contributed by atoms with E-state index in [4.69, 9.17) is 19.2 Å². The average molecular weight is 404 g/mol. The summed E-state index contributed by atoms with van der Waals surface area (Å²) in [5, 5.41) is 4.20. The van der Waals surface area contributed by atoms with Gasteiger partial charge in [0.1, 0.15) is 5.65 Å². The van der Waals surface area contributed by atoms with Gasteiger partial charge in [0.15, 0.2) is 11.5 Å². The maximum atomic E-state index is 5.42. The Morgan fingerprint density at radius 2 is 1.63 bits per heavy atom. The van der Waals surface area contributed by atoms with Crippen molar-refractivity contribution in [1.29, 1.82) is 0 Å². The van der Waals surface area contributed by atoms with Crippen LogP contribution >= 0.6 is 0 Å². The van der Waals surface area contributed by atoms with E-state index in [2.05, 4.69) is 46.1 Å². The van der Waals surface area contributed by atoms with Crippen molar-refractivity contribution in [2.24, 2.45) is 0 Å². The van der Waals surface area contributed by atoms with E-state index in [1.807, 2.05) is 24.4 Å². The van der Waals surface area contributed by atoms with Crippen molar-refractivity contribution < 1.29 is 14.2 Å². The van der Waals surface area contributed by atoms with Gasteiger partial charge in [-0.3, -0.25) is 0 Å². The molecule has 0 aliphatic carbocycles. The zero-order valence-electron chi connectivity index (χ0n) is 17.5. The van der Waals surface area contributed by atoms with E-state index in [0.29, 0.717) is 23.2 Å². The molecule has 0 amide bonds. The van der Waals surface area contributed by atoms with Crippen LogP contribution in [0, 0.1) is 0 Å².